The third kappa shape index (κ3) is 4.39. The minimum absolute atomic E-state index is 0.250. The van der Waals surface area contributed by atoms with Crippen LogP contribution in [0, 0.1) is 0 Å². The van der Waals surface area contributed by atoms with E-state index in [0.29, 0.717) is 20.8 Å². The number of rotatable bonds is 3. The van der Waals surface area contributed by atoms with Crippen LogP contribution in [0.1, 0.15) is 0 Å². The Hall–Kier alpha value is -1.73. The van der Waals surface area contributed by atoms with E-state index >= 15 is 0 Å². The number of pyridine rings is 1. The number of nitrogens with two attached hydrogens (primary N) is 2. The van der Waals surface area contributed by atoms with Gasteiger partial charge in [-0.3, -0.25) is 4.79 Å². The van der Waals surface area contributed by atoms with E-state index in [4.69, 9.17) is 10.5 Å². The van der Waals surface area contributed by atoms with Crippen molar-refractivity contribution in [3.05, 3.63) is 11.4 Å². The number of hydrogen-bond donors (Lipinski definition) is 2. The van der Waals surface area contributed by atoms with Crippen LogP contribution in [0.15, 0.2) is 16.3 Å². The number of aromatic nitrogens is 1. The van der Waals surface area contributed by atoms with E-state index in [9.17, 15) is 21.6 Å². The summed E-state index contributed by atoms with van der Waals surface area (Å²) in [5.41, 5.74) is 4.80. The molecule has 0 bridgehead atoms. The molecule has 2 heterocycles. The Kier molecular flexibility index (Phi) is 6.07. The molecule has 2 aromatic rings. The van der Waals surface area contributed by atoms with Crippen LogP contribution in [-0.4, -0.2) is 31.6 Å². The molecule has 0 aliphatic rings. The molecule has 0 radical (unpaired) electrons. The predicted molar refractivity (Wildman–Crippen MR) is 81.7 cm³/mol. The highest BCUT2D eigenvalue weighted by Gasteiger charge is 2.48. The second kappa shape index (κ2) is 7.23. The van der Waals surface area contributed by atoms with Crippen molar-refractivity contribution in [1.29, 1.82) is 0 Å². The van der Waals surface area contributed by atoms with Gasteiger partial charge in [-0.1, -0.05) is 0 Å². The van der Waals surface area contributed by atoms with Crippen molar-refractivity contribution < 1.29 is 30.6 Å². The molecule has 0 spiro atoms. The fraction of sp³-hybridized carbons (Fsp3) is 0.200. The molecule has 1 amide bonds. The molecule has 0 saturated carbocycles. The summed E-state index contributed by atoms with van der Waals surface area (Å²) in [6.07, 6.45) is 1.92. The number of anilines is 1. The molecular formula is C10H10F3N3O4S3. The Morgan fingerprint density at radius 2 is 2.00 bits per heavy atom. The number of halogens is 3. The second-order valence-electron chi connectivity index (χ2n) is 3.65. The Labute approximate surface area is 136 Å². The van der Waals surface area contributed by atoms with E-state index in [1.54, 1.807) is 11.6 Å². The van der Waals surface area contributed by atoms with Crippen molar-refractivity contribution >= 4 is 55.5 Å². The highest BCUT2D eigenvalue weighted by atomic mass is 32.2. The minimum atomic E-state index is -5.74. The highest BCUT2D eigenvalue weighted by Crippen LogP contribution is 2.37. The number of thioether (sulfide) groups is 1. The summed E-state index contributed by atoms with van der Waals surface area (Å²) in [5.74, 6) is -0.638. The van der Waals surface area contributed by atoms with E-state index in [-0.39, 0.29) is 6.41 Å². The van der Waals surface area contributed by atoms with Gasteiger partial charge in [0.05, 0.1) is 5.69 Å². The van der Waals surface area contributed by atoms with Crippen LogP contribution < -0.4 is 15.7 Å². The molecule has 23 heavy (non-hydrogen) atoms. The summed E-state index contributed by atoms with van der Waals surface area (Å²) in [6, 6.07) is 1.11. The maximum absolute atomic E-state index is 12.3. The normalized spacial score (nSPS) is 11.7. The zero-order valence-corrected chi connectivity index (χ0v) is 13.8. The molecule has 0 saturated heterocycles. The first-order valence-corrected chi connectivity index (χ1v) is 8.96. The first-order valence-electron chi connectivity index (χ1n) is 5.45. The van der Waals surface area contributed by atoms with Crippen LogP contribution in [0.5, 0.6) is 5.88 Å². The third-order valence-corrected chi connectivity index (χ3v) is 4.82. The van der Waals surface area contributed by atoms with Gasteiger partial charge < -0.3 is 15.7 Å². The first-order chi connectivity index (χ1) is 10.6. The molecule has 7 nitrogen and oxygen atoms in total. The number of nitrogens with zero attached hydrogens (tertiary/aromatic N) is 1. The summed E-state index contributed by atoms with van der Waals surface area (Å²) in [4.78, 5) is 13.1. The lowest BCUT2D eigenvalue weighted by Crippen LogP contribution is -2.28. The van der Waals surface area contributed by atoms with Gasteiger partial charge in [0.1, 0.15) is 4.83 Å². The molecular weight excluding hydrogens is 379 g/mol. The second-order valence-corrected chi connectivity index (χ2v) is 6.90. The van der Waals surface area contributed by atoms with Crippen LogP contribution in [0.25, 0.3) is 10.2 Å². The van der Waals surface area contributed by atoms with E-state index in [1.165, 1.54) is 11.8 Å². The fourth-order valence-corrected chi connectivity index (χ4v) is 3.32. The van der Waals surface area contributed by atoms with E-state index in [0.717, 1.165) is 17.4 Å². The lowest BCUT2D eigenvalue weighted by atomic mass is 10.3. The number of fused-ring (bicyclic) bond motifs is 1. The molecule has 0 aliphatic carbocycles. The van der Waals surface area contributed by atoms with Gasteiger partial charge in [-0.05, 0) is 6.26 Å². The number of alkyl halides is 3. The average Bonchev–Trinajstić information content (AvgIpc) is 2.79. The van der Waals surface area contributed by atoms with Crippen LogP contribution in [-0.2, 0) is 14.9 Å². The number of amides is 1. The summed E-state index contributed by atoms with van der Waals surface area (Å²) in [7, 11) is -5.74. The summed E-state index contributed by atoms with van der Waals surface area (Å²) in [5, 5.41) is 2.14. The van der Waals surface area contributed by atoms with Crippen LogP contribution in [0.3, 0.4) is 0 Å². The third-order valence-electron chi connectivity index (χ3n) is 2.21. The number of hydrogen-bond acceptors (Lipinski definition) is 8. The number of nitrogen functional groups attached to an aromatic ring is 1. The Morgan fingerprint density at radius 1 is 1.43 bits per heavy atom. The predicted octanol–water partition coefficient (Wildman–Crippen LogP) is 1.93. The fourth-order valence-electron chi connectivity index (χ4n) is 1.37. The number of carbonyl (C=O) groups is 1. The Balaban J connectivity index is 0.000000816. The van der Waals surface area contributed by atoms with Gasteiger partial charge in [0.25, 0.3) is 0 Å². The summed E-state index contributed by atoms with van der Waals surface area (Å²) < 4.78 is 62.7. The molecule has 128 valence electrons. The standard InChI is InChI=1S/C9H7F3N2O3S3.CH3NO/c1-18-5-2-6(17-20(15,16)9(10,11)12)14-8-7(5)4(13)3-19-8;2-1-3/h2-3H,13H2,1H3;1H,(H2,2,3). The van der Waals surface area contributed by atoms with Crippen molar-refractivity contribution in [3.8, 4) is 5.88 Å². The molecule has 2 aromatic heterocycles. The maximum atomic E-state index is 12.3. The molecule has 2 rings (SSSR count). The molecule has 0 aliphatic heterocycles. The highest BCUT2D eigenvalue weighted by molar-refractivity contribution is 7.98. The molecule has 0 fully saturated rings. The van der Waals surface area contributed by atoms with Gasteiger partial charge in [0.2, 0.25) is 12.3 Å². The number of thiophene rings is 1. The molecule has 0 aromatic carbocycles. The molecule has 13 heteroatoms. The quantitative estimate of drug-likeness (QED) is 0.355. The first kappa shape index (κ1) is 19.3. The number of carbonyl (C=O) groups excluding carboxylic acids is 1. The monoisotopic (exact) mass is 389 g/mol. The van der Waals surface area contributed by atoms with Crippen LogP contribution in [0.2, 0.25) is 0 Å². The van der Waals surface area contributed by atoms with Gasteiger partial charge in [-0.15, -0.1) is 23.1 Å². The lowest BCUT2D eigenvalue weighted by Gasteiger charge is -2.09. The lowest BCUT2D eigenvalue weighted by molar-refractivity contribution is -0.106. The van der Waals surface area contributed by atoms with Crippen molar-refractivity contribution in [2.45, 2.75) is 10.4 Å². The SMILES string of the molecule is CSc1cc(OS(=O)(=O)C(F)(F)F)nc2scc(N)c12.NC=O. The number of primary amides is 1. The molecule has 0 unspecified atom stereocenters. The van der Waals surface area contributed by atoms with Gasteiger partial charge in [-0.2, -0.15) is 21.6 Å². The van der Waals surface area contributed by atoms with E-state index in [1.807, 2.05) is 0 Å². The van der Waals surface area contributed by atoms with E-state index in [2.05, 4.69) is 14.9 Å². The van der Waals surface area contributed by atoms with Gasteiger partial charge in [0, 0.05) is 21.7 Å². The van der Waals surface area contributed by atoms with Crippen LogP contribution >= 0.6 is 23.1 Å². The zero-order valence-electron chi connectivity index (χ0n) is 11.3. The minimum Gasteiger partial charge on any atom is -0.397 e. The Bertz CT molecular complexity index is 805. The van der Waals surface area contributed by atoms with Crippen molar-refractivity contribution in [2.24, 2.45) is 5.73 Å². The summed E-state index contributed by atoms with van der Waals surface area (Å²) in [6.45, 7) is 0. The molecule has 0 atom stereocenters. The topological polar surface area (TPSA) is 125 Å². The van der Waals surface area contributed by atoms with Gasteiger partial charge >= 0.3 is 15.6 Å². The average molecular weight is 389 g/mol. The smallest absolute Gasteiger partial charge is 0.397 e. The van der Waals surface area contributed by atoms with Gasteiger partial charge in [-0.25, -0.2) is 4.98 Å². The van der Waals surface area contributed by atoms with Crippen molar-refractivity contribution in [3.63, 3.8) is 0 Å². The maximum Gasteiger partial charge on any atom is 0.534 e. The largest absolute Gasteiger partial charge is 0.534 e. The zero-order chi connectivity index (χ0) is 17.8. The van der Waals surface area contributed by atoms with E-state index < -0.39 is 21.5 Å². The molecule has 4 N–H and O–H groups in total. The van der Waals surface area contributed by atoms with Crippen molar-refractivity contribution in [1.82, 2.24) is 4.98 Å². The van der Waals surface area contributed by atoms with Crippen LogP contribution in [0.4, 0.5) is 18.9 Å². The summed E-state index contributed by atoms with van der Waals surface area (Å²) >= 11 is 2.28. The van der Waals surface area contributed by atoms with Gasteiger partial charge in [0.15, 0.2) is 0 Å². The van der Waals surface area contributed by atoms with Crippen molar-refractivity contribution in [2.75, 3.05) is 12.0 Å². The Morgan fingerprint density at radius 3 is 2.48 bits per heavy atom.